The fraction of sp³-hybridized carbons (Fsp3) is 0. The second-order valence-electron chi connectivity index (χ2n) is 0.408. The van der Waals surface area contributed by atoms with Crippen LogP contribution in [-0.2, 0) is 25.2 Å². The predicted molar refractivity (Wildman–Crippen MR) is 37.3 cm³/mol. The summed E-state index contributed by atoms with van der Waals surface area (Å²) in [5, 5.41) is 0. The molecule has 1 nitrogen and oxygen atoms in total. The van der Waals surface area contributed by atoms with Gasteiger partial charge in [-0.05, 0) is 0 Å². The van der Waals surface area contributed by atoms with Crippen molar-refractivity contribution in [2.24, 2.45) is 0 Å². The Balaban J connectivity index is -0.0000000105. The Labute approximate surface area is 66.9 Å². The van der Waals surface area contributed by atoms with E-state index < -0.39 is 0 Å². The van der Waals surface area contributed by atoms with Gasteiger partial charge in [0, 0.05) is 0 Å². The zero-order chi connectivity index (χ0) is 4.71. The molecule has 0 unspecified atom stereocenters. The van der Waals surface area contributed by atoms with Crippen molar-refractivity contribution in [1.29, 1.82) is 0 Å². The zero-order valence-electron chi connectivity index (χ0n) is 5.01. The summed E-state index contributed by atoms with van der Waals surface area (Å²) >= 11 is 0. The molecule has 0 bridgehead atoms. The van der Waals surface area contributed by atoms with Crippen LogP contribution in [0.2, 0.25) is 0 Å². The first-order valence-corrected chi connectivity index (χ1v) is 2.86. The Morgan fingerprint density at radius 1 is 1.29 bits per heavy atom. The van der Waals surface area contributed by atoms with Gasteiger partial charge in [0.05, 0.1) is 0 Å². The molecule has 0 fully saturated rings. The maximum absolute atomic E-state index is 4.53. The summed E-state index contributed by atoms with van der Waals surface area (Å²) in [4.78, 5) is 0. The fourth-order valence-corrected chi connectivity index (χ4v) is 0. The molecule has 0 rings (SSSR count). The molecule has 0 spiro atoms. The van der Waals surface area contributed by atoms with Crippen molar-refractivity contribution in [2.45, 2.75) is 0 Å². The second kappa shape index (κ2) is 69.7. The third-order valence-corrected chi connectivity index (χ3v) is 0. The number of hydrogen-bond acceptors (Lipinski definition) is 1. The second-order valence-corrected chi connectivity index (χ2v) is 3.67. The van der Waals surface area contributed by atoms with Crippen LogP contribution in [0, 0.1) is 14.0 Å². The van der Waals surface area contributed by atoms with Crippen LogP contribution in [0.15, 0.2) is 6.58 Å². The molecule has 0 atom stereocenters. The van der Waals surface area contributed by atoms with Gasteiger partial charge in [-0.25, -0.2) is 0 Å². The summed E-state index contributed by atoms with van der Waals surface area (Å²) < 4.78 is 4.53. The molecule has 0 aliphatic rings. The van der Waals surface area contributed by atoms with E-state index in [-0.39, 0.29) is 28.5 Å². The normalized spacial score (nSPS) is 4.00. The van der Waals surface area contributed by atoms with Crippen molar-refractivity contribution in [1.82, 2.24) is 0 Å². The Hall–Kier alpha value is 0.822. The van der Waals surface area contributed by atoms with E-state index in [4.69, 9.17) is 0 Å². The van der Waals surface area contributed by atoms with E-state index in [9.17, 15) is 0 Å². The van der Waals surface area contributed by atoms with Crippen molar-refractivity contribution in [3.8, 4) is 0 Å². The molecular formula is C3H12OPtSi2. The average Bonchev–Trinajstić information content (AvgIpc) is 1.46. The van der Waals surface area contributed by atoms with Gasteiger partial charge in [-0.1, -0.05) is 0 Å². The maximum Gasteiger partial charge on any atom is 2.00 e. The van der Waals surface area contributed by atoms with Gasteiger partial charge in [0.2, 0.25) is 0 Å². The summed E-state index contributed by atoms with van der Waals surface area (Å²) in [6.07, 6.45) is 0. The quantitative estimate of drug-likeness (QED) is 0.395. The van der Waals surface area contributed by atoms with Crippen LogP contribution in [0.1, 0.15) is 0 Å². The molecule has 0 radical (unpaired) electrons. The monoisotopic (exact) mass is 315 g/mol. The summed E-state index contributed by atoms with van der Waals surface area (Å²) in [6, 6.07) is 0. The molecule has 0 aromatic rings. The van der Waals surface area contributed by atoms with Gasteiger partial charge in [-0.15, -0.1) is 0 Å². The third kappa shape index (κ3) is 235. The van der Waals surface area contributed by atoms with Crippen LogP contribution in [0.25, 0.3) is 0 Å². The van der Waals surface area contributed by atoms with E-state index in [0.29, 0.717) is 0 Å². The minimum Gasteiger partial charge on any atom is -0.521 e. The summed E-state index contributed by atoms with van der Waals surface area (Å²) in [5.74, 6) is 0. The minimum absolute atomic E-state index is 0. The molecule has 0 N–H and O–H groups in total. The van der Waals surface area contributed by atoms with Gasteiger partial charge in [0.1, 0.15) is 21.0 Å². The Bertz CT molecular complexity index is 16.9. The Morgan fingerprint density at radius 3 is 1.29 bits per heavy atom. The molecule has 0 aliphatic heterocycles. The Kier molecular flexibility index (Phi) is 248. The summed E-state index contributed by atoms with van der Waals surface area (Å²) in [7, 11) is 1.86. The van der Waals surface area contributed by atoms with E-state index in [1.807, 2.05) is 0 Å². The van der Waals surface area contributed by atoms with Crippen LogP contribution in [0.4, 0.5) is 0 Å². The smallest absolute Gasteiger partial charge is 0.521 e. The zero-order valence-corrected chi connectivity index (χ0v) is 11.3. The van der Waals surface area contributed by atoms with Crippen molar-refractivity contribution in [3.63, 3.8) is 0 Å². The molecule has 7 heavy (non-hydrogen) atoms. The molecule has 0 aromatic carbocycles. The van der Waals surface area contributed by atoms with Gasteiger partial charge in [0.15, 0.2) is 0 Å². The van der Waals surface area contributed by atoms with Gasteiger partial charge in [-0.2, -0.15) is 0 Å². The van der Waals surface area contributed by atoms with Crippen LogP contribution in [-0.4, -0.2) is 21.0 Å². The van der Waals surface area contributed by atoms with Crippen molar-refractivity contribution in [3.05, 3.63) is 20.6 Å². The van der Waals surface area contributed by atoms with Gasteiger partial charge in [0.25, 0.3) is 0 Å². The largest absolute Gasteiger partial charge is 2.00 e. The first-order chi connectivity index (χ1) is 2.41. The van der Waals surface area contributed by atoms with Crippen molar-refractivity contribution in [2.75, 3.05) is 0 Å². The summed E-state index contributed by atoms with van der Waals surface area (Å²) in [5.41, 5.74) is 0. The molecule has 0 amide bonds. The fourth-order valence-electron chi connectivity index (χ4n) is 0. The Morgan fingerprint density at radius 2 is 1.29 bits per heavy atom. The molecule has 0 saturated heterocycles. The SMILES string of the molecule is [CH-]=C.[CH3-].[Pt+2].[SiH3]O[SiH3]. The first-order valence-electron chi connectivity index (χ1n) is 1.22. The summed E-state index contributed by atoms with van der Waals surface area (Å²) in [6.45, 7) is 7.00. The molecule has 4 heteroatoms. The number of rotatable bonds is 0. The molecule has 0 saturated carbocycles. The topological polar surface area (TPSA) is 9.23 Å². The first kappa shape index (κ1) is 24.9. The van der Waals surface area contributed by atoms with Crippen molar-refractivity contribution < 1.29 is 25.2 Å². The third-order valence-electron chi connectivity index (χ3n) is 0. The average molecular weight is 315 g/mol. The van der Waals surface area contributed by atoms with Gasteiger partial charge >= 0.3 is 21.1 Å². The predicted octanol–water partition coefficient (Wildman–Crippen LogP) is -1.38. The maximum atomic E-state index is 4.53. The van der Waals surface area contributed by atoms with E-state index in [1.54, 1.807) is 0 Å². The molecule has 0 heterocycles. The van der Waals surface area contributed by atoms with E-state index >= 15 is 0 Å². The van der Waals surface area contributed by atoms with E-state index in [0.717, 1.165) is 21.0 Å². The van der Waals surface area contributed by atoms with Crippen LogP contribution < -0.4 is 0 Å². The standard InChI is InChI=1S/C2H3.CH3.H6OSi2.Pt/c1-2;;2-1-3;/h1H,2H2;1H3;2-3H3;/q2*-1;;+2. The molecule has 0 aliphatic carbocycles. The van der Waals surface area contributed by atoms with Crippen LogP contribution in [0.3, 0.4) is 0 Å². The van der Waals surface area contributed by atoms with Gasteiger partial charge in [-0.3, -0.25) is 6.58 Å². The van der Waals surface area contributed by atoms with Gasteiger partial charge < -0.3 is 18.1 Å². The van der Waals surface area contributed by atoms with E-state index in [1.165, 1.54) is 0 Å². The molecule has 0 aromatic heterocycles. The van der Waals surface area contributed by atoms with Crippen LogP contribution >= 0.6 is 0 Å². The van der Waals surface area contributed by atoms with E-state index in [2.05, 4.69) is 17.3 Å². The minimum atomic E-state index is 0. The molecular weight excluding hydrogens is 303 g/mol. The number of hydrogen-bond donors (Lipinski definition) is 0. The molecule has 48 valence electrons. The van der Waals surface area contributed by atoms with Crippen molar-refractivity contribution >= 4 is 21.0 Å². The van der Waals surface area contributed by atoms with Crippen LogP contribution in [0.5, 0.6) is 0 Å².